The number of carbonyl (C=O) groups is 1. The molecule has 1 saturated carbocycles. The second-order valence-corrected chi connectivity index (χ2v) is 13.5. The molecule has 11 nitrogen and oxygen atoms in total. The van der Waals surface area contributed by atoms with Gasteiger partial charge in [-0.15, -0.1) is 10.2 Å². The van der Waals surface area contributed by atoms with Crippen LogP contribution in [0.2, 0.25) is 0 Å². The average Bonchev–Trinajstić information content (AvgIpc) is 3.63. The Hall–Kier alpha value is -4.24. The molecule has 5 heterocycles. The number of nitrogens with zero attached hydrogens (tertiary/aromatic N) is 8. The van der Waals surface area contributed by atoms with E-state index >= 15 is 0 Å². The number of aromatic nitrogens is 5. The smallest absolute Gasteiger partial charge is 0.408 e. The summed E-state index contributed by atoms with van der Waals surface area (Å²) >= 11 is 1.54. The molecular formula is C30H35N9O2S. The third-order valence-corrected chi connectivity index (χ3v) is 9.18. The number of rotatable bonds is 6. The molecule has 0 spiro atoms. The molecular weight excluding hydrogens is 550 g/mol. The van der Waals surface area contributed by atoms with Crippen molar-refractivity contribution in [3.63, 3.8) is 0 Å². The number of anilines is 2. The quantitative estimate of drug-likeness (QED) is 0.296. The van der Waals surface area contributed by atoms with Crippen LogP contribution < -0.4 is 10.2 Å². The van der Waals surface area contributed by atoms with Crippen molar-refractivity contribution in [3.8, 4) is 28.0 Å². The van der Waals surface area contributed by atoms with Gasteiger partial charge in [-0.2, -0.15) is 10.4 Å². The van der Waals surface area contributed by atoms with E-state index in [-0.39, 0.29) is 23.9 Å². The largest absolute Gasteiger partial charge is 0.465 e. The molecule has 1 aliphatic carbocycles. The zero-order valence-electron chi connectivity index (χ0n) is 24.4. The number of nitriles is 1. The minimum Gasteiger partial charge on any atom is -0.465 e. The summed E-state index contributed by atoms with van der Waals surface area (Å²) in [5.74, 6) is 0.528. The Labute approximate surface area is 248 Å². The zero-order valence-corrected chi connectivity index (χ0v) is 25.3. The number of piperidine rings is 1. The van der Waals surface area contributed by atoms with Crippen molar-refractivity contribution in [2.45, 2.75) is 65.1 Å². The van der Waals surface area contributed by atoms with E-state index in [9.17, 15) is 15.2 Å². The number of hydrogen-bond acceptors (Lipinski definition) is 9. The highest BCUT2D eigenvalue weighted by Gasteiger charge is 2.49. The van der Waals surface area contributed by atoms with Crippen LogP contribution in [0.4, 0.5) is 15.6 Å². The molecule has 3 atom stereocenters. The van der Waals surface area contributed by atoms with E-state index in [4.69, 9.17) is 4.98 Å². The fraction of sp³-hybridized carbons (Fsp3) is 0.467. The predicted octanol–water partition coefficient (Wildman–Crippen LogP) is 5.60. The molecule has 12 heteroatoms. The van der Waals surface area contributed by atoms with Crippen molar-refractivity contribution in [1.29, 1.82) is 5.26 Å². The van der Waals surface area contributed by atoms with Crippen LogP contribution in [0, 0.1) is 23.2 Å². The normalized spacial score (nSPS) is 20.2. The van der Waals surface area contributed by atoms with Crippen molar-refractivity contribution < 1.29 is 9.90 Å². The van der Waals surface area contributed by atoms with E-state index < -0.39 is 11.6 Å². The molecule has 2 aliphatic rings. The number of carboxylic acid groups (broad SMARTS) is 1. The summed E-state index contributed by atoms with van der Waals surface area (Å²) in [6, 6.07) is 10.0. The molecule has 0 radical (unpaired) electrons. The number of nitrogens with one attached hydrogen (secondary N) is 1. The molecule has 2 N–H and O–H groups in total. The Balaban J connectivity index is 1.28. The molecule has 4 aromatic heterocycles. The average molecular weight is 586 g/mol. The molecule has 1 saturated heterocycles. The summed E-state index contributed by atoms with van der Waals surface area (Å²) < 4.78 is 1.79. The van der Waals surface area contributed by atoms with E-state index in [1.54, 1.807) is 33.0 Å². The number of fused-ring (bicyclic) bond motifs is 3. The Morgan fingerprint density at radius 1 is 1.17 bits per heavy atom. The van der Waals surface area contributed by atoms with Gasteiger partial charge in [0.05, 0.1) is 34.2 Å². The van der Waals surface area contributed by atoms with Gasteiger partial charge in [0.15, 0.2) is 5.01 Å². The Morgan fingerprint density at radius 2 is 1.90 bits per heavy atom. The second kappa shape index (κ2) is 10.5. The van der Waals surface area contributed by atoms with Crippen LogP contribution in [0.25, 0.3) is 27.5 Å². The van der Waals surface area contributed by atoms with Crippen LogP contribution in [0.1, 0.15) is 53.0 Å². The van der Waals surface area contributed by atoms with Gasteiger partial charge in [0.1, 0.15) is 6.07 Å². The SMILES string of the molecule is CC(C)Nc1cc(-c2ccc3cc(C#N)cnn23)ncc1-c1nnc(N2C[C@H]3CC[C@@H](C2)[C@@H]3N(C(=O)O)C(C)(C)C)s1. The van der Waals surface area contributed by atoms with Gasteiger partial charge < -0.3 is 15.3 Å². The molecule has 1 aliphatic heterocycles. The first-order chi connectivity index (χ1) is 20.0. The second-order valence-electron chi connectivity index (χ2n) is 12.5. The van der Waals surface area contributed by atoms with Crippen LogP contribution in [0.15, 0.2) is 36.7 Å². The molecule has 1 amide bonds. The van der Waals surface area contributed by atoms with Crippen LogP contribution >= 0.6 is 11.3 Å². The maximum absolute atomic E-state index is 12.2. The van der Waals surface area contributed by atoms with Crippen LogP contribution in [-0.4, -0.2) is 71.6 Å². The van der Waals surface area contributed by atoms with Crippen molar-refractivity contribution in [2.24, 2.45) is 11.8 Å². The van der Waals surface area contributed by atoms with Gasteiger partial charge in [0.2, 0.25) is 5.13 Å². The number of hydrogen-bond donors (Lipinski definition) is 2. The summed E-state index contributed by atoms with van der Waals surface area (Å²) in [4.78, 5) is 21.0. The molecule has 0 unspecified atom stereocenters. The summed E-state index contributed by atoms with van der Waals surface area (Å²) in [5.41, 5.74) is 4.25. The lowest BCUT2D eigenvalue weighted by atomic mass is 9.88. The fourth-order valence-electron chi connectivity index (χ4n) is 6.54. The minimum absolute atomic E-state index is 0.0239. The van der Waals surface area contributed by atoms with E-state index in [1.807, 2.05) is 45.2 Å². The first-order valence-electron chi connectivity index (χ1n) is 14.3. The fourth-order valence-corrected chi connectivity index (χ4v) is 7.42. The third kappa shape index (κ3) is 5.02. The molecule has 2 fully saturated rings. The van der Waals surface area contributed by atoms with Crippen LogP contribution in [0.5, 0.6) is 0 Å². The monoisotopic (exact) mass is 585 g/mol. The summed E-state index contributed by atoms with van der Waals surface area (Å²) in [7, 11) is 0. The summed E-state index contributed by atoms with van der Waals surface area (Å²) in [5, 5.41) is 38.0. The lowest BCUT2D eigenvalue weighted by Crippen LogP contribution is -2.59. The first kappa shape index (κ1) is 27.9. The predicted molar refractivity (Wildman–Crippen MR) is 163 cm³/mol. The highest BCUT2D eigenvalue weighted by Crippen LogP contribution is 2.45. The van der Waals surface area contributed by atoms with E-state index in [1.165, 1.54) is 0 Å². The van der Waals surface area contributed by atoms with Gasteiger partial charge in [-0.05, 0) is 83.6 Å². The Kier molecular flexibility index (Phi) is 7.01. The topological polar surface area (TPSA) is 136 Å². The zero-order chi connectivity index (χ0) is 29.8. The summed E-state index contributed by atoms with van der Waals surface area (Å²) in [6.45, 7) is 11.7. The van der Waals surface area contributed by atoms with Gasteiger partial charge in [0, 0.05) is 42.6 Å². The lowest BCUT2D eigenvalue weighted by Gasteiger charge is -2.47. The third-order valence-electron chi connectivity index (χ3n) is 8.17. The maximum Gasteiger partial charge on any atom is 0.408 e. The van der Waals surface area contributed by atoms with Gasteiger partial charge in [-0.3, -0.25) is 9.88 Å². The molecule has 42 heavy (non-hydrogen) atoms. The van der Waals surface area contributed by atoms with E-state index in [0.717, 1.165) is 64.2 Å². The molecule has 4 aromatic rings. The lowest BCUT2D eigenvalue weighted by molar-refractivity contribution is 0.0358. The first-order valence-corrected chi connectivity index (χ1v) is 15.1. The minimum atomic E-state index is -0.840. The van der Waals surface area contributed by atoms with E-state index in [2.05, 4.69) is 45.4 Å². The highest BCUT2D eigenvalue weighted by atomic mass is 32.1. The molecule has 0 aromatic carbocycles. The van der Waals surface area contributed by atoms with Crippen molar-refractivity contribution in [3.05, 3.63) is 42.2 Å². The van der Waals surface area contributed by atoms with Gasteiger partial charge in [0.25, 0.3) is 0 Å². The Bertz CT molecular complexity index is 1670. The summed E-state index contributed by atoms with van der Waals surface area (Å²) in [6.07, 6.45) is 4.59. The molecule has 2 bridgehead atoms. The van der Waals surface area contributed by atoms with Crippen molar-refractivity contribution in [2.75, 3.05) is 23.3 Å². The van der Waals surface area contributed by atoms with E-state index in [0.29, 0.717) is 5.56 Å². The van der Waals surface area contributed by atoms with Gasteiger partial charge in [-0.25, -0.2) is 9.31 Å². The highest BCUT2D eigenvalue weighted by molar-refractivity contribution is 7.18. The standard InChI is InChI=1S/C30H35N9O2S/c1-17(2)34-23-11-24(25-9-8-21-10-18(12-31)13-33-39(21)25)32-14-22(23)27-35-36-28(42-27)37-15-19-6-7-20(16-37)26(19)38(29(40)41)30(3,4)5/h8-11,13-14,17,19-20,26H,6-7,15-16H2,1-5H3,(H,32,34)(H,40,41)/t19-,20+,26-. The van der Waals surface area contributed by atoms with Crippen LogP contribution in [-0.2, 0) is 0 Å². The van der Waals surface area contributed by atoms with Gasteiger partial charge >= 0.3 is 6.09 Å². The number of amides is 1. The molecule has 218 valence electrons. The number of pyridine rings is 1. The maximum atomic E-state index is 12.2. The van der Waals surface area contributed by atoms with Crippen molar-refractivity contribution >= 4 is 33.8 Å². The van der Waals surface area contributed by atoms with Crippen LogP contribution in [0.3, 0.4) is 0 Å². The van der Waals surface area contributed by atoms with Gasteiger partial charge in [-0.1, -0.05) is 11.3 Å². The molecule has 6 rings (SSSR count). The van der Waals surface area contributed by atoms with Crippen molar-refractivity contribution in [1.82, 2.24) is 29.7 Å². The Morgan fingerprint density at radius 3 is 2.55 bits per heavy atom.